The van der Waals surface area contributed by atoms with Crippen LogP contribution in [-0.2, 0) is 6.67 Å². The lowest BCUT2D eigenvalue weighted by atomic mass is 10.1. The Morgan fingerprint density at radius 3 is 2.81 bits per heavy atom. The molecule has 0 saturated carbocycles. The molecule has 7 heteroatoms. The first-order valence-electron chi connectivity index (χ1n) is 8.68. The Balaban J connectivity index is 1.85. The standard InChI is InChI=1S/C20H19FN4O2/c1-3-22-20(26)25-12-24-18(15-6-4-5-7-17(15)25)11-23-19(24)14-9-8-13(27-2)10-16(14)21/h4-11H,3,12H2,1-2H3,(H,22,26). The Labute approximate surface area is 156 Å². The first-order valence-corrected chi connectivity index (χ1v) is 8.68. The second kappa shape index (κ2) is 6.75. The summed E-state index contributed by atoms with van der Waals surface area (Å²) < 4.78 is 21.5. The van der Waals surface area contributed by atoms with E-state index in [9.17, 15) is 9.18 Å². The summed E-state index contributed by atoms with van der Waals surface area (Å²) in [5.41, 5.74) is 2.88. The largest absolute Gasteiger partial charge is 0.497 e. The second-order valence-electron chi connectivity index (χ2n) is 6.16. The summed E-state index contributed by atoms with van der Waals surface area (Å²) in [4.78, 5) is 18.7. The van der Waals surface area contributed by atoms with Crippen molar-refractivity contribution < 1.29 is 13.9 Å². The van der Waals surface area contributed by atoms with Crippen molar-refractivity contribution in [2.75, 3.05) is 18.6 Å². The van der Waals surface area contributed by atoms with E-state index < -0.39 is 5.82 Å². The molecule has 27 heavy (non-hydrogen) atoms. The van der Waals surface area contributed by atoms with Gasteiger partial charge < -0.3 is 14.6 Å². The first kappa shape index (κ1) is 17.1. The highest BCUT2D eigenvalue weighted by atomic mass is 19.1. The van der Waals surface area contributed by atoms with E-state index in [0.29, 0.717) is 23.7 Å². The molecule has 6 nitrogen and oxygen atoms in total. The monoisotopic (exact) mass is 366 g/mol. The highest BCUT2D eigenvalue weighted by Gasteiger charge is 2.29. The van der Waals surface area contributed by atoms with Crippen LogP contribution in [-0.4, -0.2) is 29.2 Å². The first-order chi connectivity index (χ1) is 13.1. The van der Waals surface area contributed by atoms with Gasteiger partial charge in [0.2, 0.25) is 0 Å². The van der Waals surface area contributed by atoms with E-state index in [1.54, 1.807) is 23.2 Å². The summed E-state index contributed by atoms with van der Waals surface area (Å²) in [6.07, 6.45) is 1.72. The van der Waals surface area contributed by atoms with Gasteiger partial charge in [-0.2, -0.15) is 0 Å². The molecule has 1 N–H and O–H groups in total. The van der Waals surface area contributed by atoms with Crippen LogP contribution in [0.3, 0.4) is 0 Å². The number of anilines is 1. The van der Waals surface area contributed by atoms with Crippen LogP contribution in [0, 0.1) is 5.82 Å². The number of benzene rings is 2. The van der Waals surface area contributed by atoms with E-state index in [0.717, 1.165) is 16.9 Å². The van der Waals surface area contributed by atoms with Crippen molar-refractivity contribution in [1.82, 2.24) is 14.9 Å². The minimum atomic E-state index is -0.425. The normalized spacial score (nSPS) is 12.3. The zero-order valence-corrected chi connectivity index (χ0v) is 15.1. The predicted octanol–water partition coefficient (Wildman–Crippen LogP) is 3.87. The Morgan fingerprint density at radius 1 is 1.26 bits per heavy atom. The number of methoxy groups -OCH3 is 1. The summed E-state index contributed by atoms with van der Waals surface area (Å²) >= 11 is 0. The lowest BCUT2D eigenvalue weighted by Gasteiger charge is -2.31. The summed E-state index contributed by atoms with van der Waals surface area (Å²) in [7, 11) is 1.49. The van der Waals surface area contributed by atoms with Crippen LogP contribution in [0.4, 0.5) is 14.9 Å². The van der Waals surface area contributed by atoms with Crippen LogP contribution in [0.15, 0.2) is 48.7 Å². The smallest absolute Gasteiger partial charge is 0.323 e. The van der Waals surface area contributed by atoms with Crippen LogP contribution in [0.2, 0.25) is 0 Å². The number of imidazole rings is 1. The maximum atomic E-state index is 14.6. The molecule has 2 amide bonds. The molecule has 4 rings (SSSR count). The number of para-hydroxylation sites is 1. The van der Waals surface area contributed by atoms with E-state index in [2.05, 4.69) is 10.3 Å². The molecule has 1 aliphatic heterocycles. The molecular formula is C20H19FN4O2. The van der Waals surface area contributed by atoms with Crippen molar-refractivity contribution in [1.29, 1.82) is 0 Å². The number of amides is 2. The van der Waals surface area contributed by atoms with Crippen LogP contribution < -0.4 is 15.0 Å². The van der Waals surface area contributed by atoms with Crippen LogP contribution in [0.5, 0.6) is 5.75 Å². The van der Waals surface area contributed by atoms with Gasteiger partial charge >= 0.3 is 6.03 Å². The van der Waals surface area contributed by atoms with Gasteiger partial charge in [0.05, 0.1) is 30.3 Å². The molecule has 2 aromatic carbocycles. The van der Waals surface area contributed by atoms with Gasteiger partial charge in [0, 0.05) is 18.2 Å². The number of carbonyl (C=O) groups is 1. The minimum Gasteiger partial charge on any atom is -0.497 e. The number of ether oxygens (including phenoxy) is 1. The van der Waals surface area contributed by atoms with Crippen molar-refractivity contribution in [2.45, 2.75) is 13.6 Å². The number of nitrogens with one attached hydrogen (secondary N) is 1. The lowest BCUT2D eigenvalue weighted by Crippen LogP contribution is -2.43. The maximum absolute atomic E-state index is 14.6. The Kier molecular flexibility index (Phi) is 4.27. The molecule has 3 aromatic rings. The Hall–Kier alpha value is -3.35. The molecule has 0 radical (unpaired) electrons. The molecule has 0 atom stereocenters. The maximum Gasteiger partial charge on any atom is 0.323 e. The third-order valence-corrected chi connectivity index (χ3v) is 4.60. The molecule has 138 valence electrons. The van der Waals surface area contributed by atoms with Gasteiger partial charge in [-0.1, -0.05) is 18.2 Å². The minimum absolute atomic E-state index is 0.203. The zero-order valence-electron chi connectivity index (χ0n) is 15.1. The molecule has 0 fully saturated rings. The third-order valence-electron chi connectivity index (χ3n) is 4.60. The predicted molar refractivity (Wildman–Crippen MR) is 101 cm³/mol. The van der Waals surface area contributed by atoms with Crippen LogP contribution in [0.25, 0.3) is 22.6 Å². The average molecular weight is 366 g/mol. The Bertz CT molecular complexity index is 1010. The molecule has 0 unspecified atom stereocenters. The average Bonchev–Trinajstić information content (AvgIpc) is 3.11. The number of carbonyl (C=O) groups excluding carboxylic acids is 1. The van der Waals surface area contributed by atoms with E-state index in [-0.39, 0.29) is 12.7 Å². The summed E-state index contributed by atoms with van der Waals surface area (Å²) in [5.74, 6) is 0.482. The summed E-state index contributed by atoms with van der Waals surface area (Å²) in [6.45, 7) is 2.64. The number of fused-ring (bicyclic) bond motifs is 3. The fraction of sp³-hybridized carbons (Fsp3) is 0.200. The zero-order chi connectivity index (χ0) is 19.0. The van der Waals surface area contributed by atoms with Crippen LogP contribution >= 0.6 is 0 Å². The topological polar surface area (TPSA) is 59.4 Å². The fourth-order valence-electron chi connectivity index (χ4n) is 3.32. The van der Waals surface area contributed by atoms with Gasteiger partial charge in [-0.3, -0.25) is 4.90 Å². The number of halogens is 1. The highest BCUT2D eigenvalue weighted by Crippen LogP contribution is 2.39. The number of hydrogen-bond donors (Lipinski definition) is 1. The van der Waals surface area contributed by atoms with Gasteiger partial charge in [-0.15, -0.1) is 0 Å². The van der Waals surface area contributed by atoms with Crippen molar-refractivity contribution in [3.05, 3.63) is 54.5 Å². The molecule has 0 saturated heterocycles. The van der Waals surface area contributed by atoms with Crippen LogP contribution in [0.1, 0.15) is 6.92 Å². The lowest BCUT2D eigenvalue weighted by molar-refractivity contribution is 0.245. The van der Waals surface area contributed by atoms with E-state index in [1.807, 2.05) is 35.8 Å². The number of hydrogen-bond acceptors (Lipinski definition) is 3. The third kappa shape index (κ3) is 2.81. The van der Waals surface area contributed by atoms with E-state index in [4.69, 9.17) is 4.74 Å². The molecule has 0 aliphatic carbocycles. The van der Waals surface area contributed by atoms with Gasteiger partial charge in [0.25, 0.3) is 0 Å². The van der Waals surface area contributed by atoms with Crippen molar-refractivity contribution >= 4 is 11.7 Å². The SMILES string of the molecule is CCNC(=O)N1Cn2c(cnc2-c2ccc(OC)cc2F)-c2ccccc21. The fourth-order valence-corrected chi connectivity index (χ4v) is 3.32. The highest BCUT2D eigenvalue weighted by molar-refractivity contribution is 5.97. The number of aromatic nitrogens is 2. The van der Waals surface area contributed by atoms with Gasteiger partial charge in [-0.25, -0.2) is 14.2 Å². The van der Waals surface area contributed by atoms with Gasteiger partial charge in [0.15, 0.2) is 0 Å². The van der Waals surface area contributed by atoms with E-state index in [1.165, 1.54) is 13.2 Å². The van der Waals surface area contributed by atoms with Gasteiger partial charge in [0.1, 0.15) is 24.1 Å². The van der Waals surface area contributed by atoms with Gasteiger partial charge in [-0.05, 0) is 25.1 Å². The van der Waals surface area contributed by atoms with E-state index >= 15 is 0 Å². The molecule has 2 heterocycles. The van der Waals surface area contributed by atoms with Crippen molar-refractivity contribution in [2.24, 2.45) is 0 Å². The van der Waals surface area contributed by atoms with Crippen molar-refractivity contribution in [3.8, 4) is 28.4 Å². The molecule has 0 spiro atoms. The second-order valence-corrected chi connectivity index (χ2v) is 6.16. The molecular weight excluding hydrogens is 347 g/mol. The number of nitrogens with zero attached hydrogens (tertiary/aromatic N) is 3. The summed E-state index contributed by atoms with van der Waals surface area (Å²) in [5, 5.41) is 2.83. The quantitative estimate of drug-likeness (QED) is 0.765. The molecule has 1 aliphatic rings. The summed E-state index contributed by atoms with van der Waals surface area (Å²) in [6, 6.07) is 12.1. The number of rotatable bonds is 3. The van der Waals surface area contributed by atoms with Crippen molar-refractivity contribution in [3.63, 3.8) is 0 Å². The number of urea groups is 1. The molecule has 0 bridgehead atoms. The Morgan fingerprint density at radius 2 is 2.07 bits per heavy atom. The molecule has 1 aromatic heterocycles.